The third kappa shape index (κ3) is 5.51. The fraction of sp³-hybridized carbons (Fsp3) is 0.333. The Morgan fingerprint density at radius 2 is 1.85 bits per heavy atom. The number of nitriles is 1. The molecule has 3 aromatic rings. The predicted octanol–water partition coefficient (Wildman–Crippen LogP) is 4.49. The molecule has 3 aliphatic heterocycles. The van der Waals surface area contributed by atoms with Crippen LogP contribution in [0.1, 0.15) is 31.9 Å². The lowest BCUT2D eigenvalue weighted by Gasteiger charge is -2.26. The van der Waals surface area contributed by atoms with Crippen LogP contribution >= 0.6 is 34.5 Å². The SMILES string of the molecule is N#Cc1c(NC(=O)c2cc(S(=O)(=O)N3CCOCC3)c(Cl)cc2Cl)sc2c1CCN(Cc1ccc3c(c1)OCO3)C2. The molecule has 14 heteroatoms. The van der Waals surface area contributed by atoms with Gasteiger partial charge in [-0.05, 0) is 41.8 Å². The Morgan fingerprint density at radius 3 is 2.63 bits per heavy atom. The van der Waals surface area contributed by atoms with Crippen molar-refractivity contribution in [3.8, 4) is 17.6 Å². The van der Waals surface area contributed by atoms with Gasteiger partial charge in [0.2, 0.25) is 16.8 Å². The normalized spacial score (nSPS) is 17.2. The van der Waals surface area contributed by atoms with E-state index in [0.29, 0.717) is 30.1 Å². The summed E-state index contributed by atoms with van der Waals surface area (Å²) in [5.74, 6) is 0.839. The van der Waals surface area contributed by atoms with Gasteiger partial charge in [-0.3, -0.25) is 9.69 Å². The summed E-state index contributed by atoms with van der Waals surface area (Å²) in [6.45, 7) is 3.17. The van der Waals surface area contributed by atoms with Gasteiger partial charge >= 0.3 is 0 Å². The van der Waals surface area contributed by atoms with Gasteiger partial charge in [-0.25, -0.2) is 8.42 Å². The van der Waals surface area contributed by atoms with Gasteiger partial charge < -0.3 is 19.5 Å². The van der Waals surface area contributed by atoms with Crippen molar-refractivity contribution >= 4 is 55.5 Å². The minimum atomic E-state index is -3.98. The third-order valence-corrected chi connectivity index (χ3v) is 11.0. The van der Waals surface area contributed by atoms with E-state index in [1.807, 2.05) is 18.2 Å². The van der Waals surface area contributed by atoms with Crippen LogP contribution in [0.3, 0.4) is 0 Å². The van der Waals surface area contributed by atoms with Crippen LogP contribution in [0.5, 0.6) is 11.5 Å². The van der Waals surface area contributed by atoms with Crippen molar-refractivity contribution in [1.29, 1.82) is 5.26 Å². The Hall–Kier alpha value is -2.89. The van der Waals surface area contributed by atoms with E-state index in [1.54, 1.807) is 0 Å². The smallest absolute Gasteiger partial charge is 0.257 e. The maximum Gasteiger partial charge on any atom is 0.257 e. The van der Waals surface area contributed by atoms with Crippen LogP contribution in [0, 0.1) is 11.3 Å². The summed E-state index contributed by atoms with van der Waals surface area (Å²) in [7, 11) is -3.98. The second-order valence-corrected chi connectivity index (χ2v) is 13.5. The first-order valence-corrected chi connectivity index (χ1v) is 15.8. The zero-order valence-corrected chi connectivity index (χ0v) is 24.8. The molecular weight excluding hydrogens is 611 g/mol. The Bertz CT molecular complexity index is 1680. The highest BCUT2D eigenvalue weighted by Crippen LogP contribution is 2.39. The molecule has 0 unspecified atom stereocenters. The second kappa shape index (κ2) is 11.4. The lowest BCUT2D eigenvalue weighted by atomic mass is 10.0. The van der Waals surface area contributed by atoms with E-state index in [0.717, 1.165) is 34.0 Å². The molecule has 0 saturated carbocycles. The zero-order valence-electron chi connectivity index (χ0n) is 21.6. The molecule has 0 bridgehead atoms. The zero-order chi connectivity index (χ0) is 28.7. The van der Waals surface area contributed by atoms with Gasteiger partial charge in [-0.2, -0.15) is 9.57 Å². The van der Waals surface area contributed by atoms with Gasteiger partial charge in [-0.1, -0.05) is 29.3 Å². The molecule has 3 aliphatic rings. The van der Waals surface area contributed by atoms with E-state index in [2.05, 4.69) is 16.3 Å². The fourth-order valence-corrected chi connectivity index (χ4v) is 8.57. The van der Waals surface area contributed by atoms with Gasteiger partial charge in [0, 0.05) is 37.6 Å². The predicted molar refractivity (Wildman–Crippen MR) is 153 cm³/mol. The molecule has 0 atom stereocenters. The number of benzene rings is 2. The first-order chi connectivity index (χ1) is 19.7. The maximum absolute atomic E-state index is 13.4. The average molecular weight is 636 g/mol. The van der Waals surface area contributed by atoms with E-state index in [-0.39, 0.29) is 53.6 Å². The van der Waals surface area contributed by atoms with Crippen molar-refractivity contribution in [3.63, 3.8) is 0 Å². The van der Waals surface area contributed by atoms with Crippen molar-refractivity contribution in [3.05, 3.63) is 67.5 Å². The second-order valence-electron chi connectivity index (χ2n) is 9.70. The summed E-state index contributed by atoms with van der Waals surface area (Å²) < 4.78 is 43.9. The number of sulfonamides is 1. The summed E-state index contributed by atoms with van der Waals surface area (Å²) in [5.41, 5.74) is 2.35. The van der Waals surface area contributed by atoms with Crippen LogP contribution in [0.4, 0.5) is 5.00 Å². The Balaban J connectivity index is 1.22. The standard InChI is InChI=1S/C27H24Cl2N4O6S2/c28-20-11-21(29)25(41(35,36)33-5-7-37-8-6-33)10-18(20)26(34)31-27-19(12-30)17-3-4-32(14-24(17)40-27)13-16-1-2-22-23(9-16)39-15-38-22/h1-2,9-11H,3-8,13-15H2,(H,31,34). The van der Waals surface area contributed by atoms with Crippen LogP contribution in [0.2, 0.25) is 10.0 Å². The number of thiophene rings is 1. The van der Waals surface area contributed by atoms with Gasteiger partial charge in [0.1, 0.15) is 16.0 Å². The summed E-state index contributed by atoms with van der Waals surface area (Å²) >= 11 is 14.0. The van der Waals surface area contributed by atoms with E-state index in [1.165, 1.54) is 27.8 Å². The number of fused-ring (bicyclic) bond motifs is 2. The summed E-state index contributed by atoms with van der Waals surface area (Å²) in [4.78, 5) is 16.4. The first kappa shape index (κ1) is 28.2. The van der Waals surface area contributed by atoms with Crippen molar-refractivity contribution in [1.82, 2.24) is 9.21 Å². The van der Waals surface area contributed by atoms with E-state index < -0.39 is 15.9 Å². The molecule has 1 saturated heterocycles. The molecule has 41 heavy (non-hydrogen) atoms. The molecule has 1 fully saturated rings. The number of nitrogens with zero attached hydrogens (tertiary/aromatic N) is 3. The Labute approximate surface area is 251 Å². The van der Waals surface area contributed by atoms with Gasteiger partial charge in [0.15, 0.2) is 11.5 Å². The number of amides is 1. The molecule has 2 aromatic carbocycles. The minimum absolute atomic E-state index is 0.00292. The van der Waals surface area contributed by atoms with Crippen molar-refractivity contribution in [2.75, 3.05) is 45.0 Å². The topological polar surface area (TPSA) is 121 Å². The molecule has 1 aromatic heterocycles. The summed E-state index contributed by atoms with van der Waals surface area (Å²) in [6.07, 6.45) is 0.652. The Kier molecular flexibility index (Phi) is 7.86. The third-order valence-electron chi connectivity index (χ3n) is 7.17. The summed E-state index contributed by atoms with van der Waals surface area (Å²) in [5, 5.41) is 13.1. The van der Waals surface area contributed by atoms with Crippen LogP contribution in [-0.4, -0.2) is 63.2 Å². The molecule has 10 nitrogen and oxygen atoms in total. The maximum atomic E-state index is 13.4. The van der Waals surface area contributed by atoms with E-state index in [9.17, 15) is 18.5 Å². The minimum Gasteiger partial charge on any atom is -0.454 e. The van der Waals surface area contributed by atoms with Crippen LogP contribution in [0.15, 0.2) is 35.2 Å². The highest BCUT2D eigenvalue weighted by Gasteiger charge is 2.31. The average Bonchev–Trinajstić information content (AvgIpc) is 3.56. The number of nitrogens with one attached hydrogen (secondary N) is 1. The highest BCUT2D eigenvalue weighted by molar-refractivity contribution is 7.89. The number of carbonyl (C=O) groups is 1. The number of halogens is 2. The number of rotatable bonds is 6. The van der Waals surface area contributed by atoms with Crippen molar-refractivity contribution in [2.24, 2.45) is 0 Å². The quantitative estimate of drug-likeness (QED) is 0.421. The molecule has 4 heterocycles. The lowest BCUT2D eigenvalue weighted by molar-refractivity contribution is 0.0730. The molecule has 0 aliphatic carbocycles. The van der Waals surface area contributed by atoms with Gasteiger partial charge in [0.25, 0.3) is 5.91 Å². The number of hydrogen-bond acceptors (Lipinski definition) is 9. The Morgan fingerprint density at radius 1 is 1.07 bits per heavy atom. The number of hydrogen-bond donors (Lipinski definition) is 1. The molecule has 214 valence electrons. The van der Waals surface area contributed by atoms with Crippen molar-refractivity contribution < 1.29 is 27.4 Å². The number of morpholine rings is 1. The number of anilines is 1. The number of ether oxygens (including phenoxy) is 3. The van der Waals surface area contributed by atoms with E-state index >= 15 is 0 Å². The molecule has 1 N–H and O–H groups in total. The molecule has 0 radical (unpaired) electrons. The number of carbonyl (C=O) groups excluding carboxylic acids is 1. The monoisotopic (exact) mass is 634 g/mol. The van der Waals surface area contributed by atoms with Gasteiger partial charge in [-0.15, -0.1) is 11.3 Å². The fourth-order valence-electron chi connectivity index (χ4n) is 5.09. The highest BCUT2D eigenvalue weighted by atomic mass is 35.5. The van der Waals surface area contributed by atoms with Crippen LogP contribution in [0.25, 0.3) is 0 Å². The summed E-state index contributed by atoms with van der Waals surface area (Å²) in [6, 6.07) is 10.6. The largest absolute Gasteiger partial charge is 0.454 e. The lowest BCUT2D eigenvalue weighted by Crippen LogP contribution is -2.40. The van der Waals surface area contributed by atoms with Crippen molar-refractivity contribution in [2.45, 2.75) is 24.4 Å². The van der Waals surface area contributed by atoms with Gasteiger partial charge in [0.05, 0.1) is 34.4 Å². The first-order valence-electron chi connectivity index (χ1n) is 12.8. The van der Waals surface area contributed by atoms with Crippen LogP contribution < -0.4 is 14.8 Å². The van der Waals surface area contributed by atoms with Crippen LogP contribution in [-0.2, 0) is 34.3 Å². The molecule has 1 amide bonds. The molecule has 0 spiro atoms. The molecule has 6 rings (SSSR count). The molecular formula is C27H24Cl2N4O6S2. The van der Waals surface area contributed by atoms with E-state index in [4.69, 9.17) is 37.4 Å².